The molecule has 0 N–H and O–H groups in total. The van der Waals surface area contributed by atoms with Crippen LogP contribution < -0.4 is 0 Å². The molecule has 0 radical (unpaired) electrons. The Morgan fingerprint density at radius 3 is 2.58 bits per heavy atom. The van der Waals surface area contributed by atoms with Crippen LogP contribution in [0.5, 0.6) is 0 Å². The number of nitrogens with zero attached hydrogens (tertiary/aromatic N) is 1. The van der Waals surface area contributed by atoms with Crippen LogP contribution >= 0.6 is 0 Å². The van der Waals surface area contributed by atoms with Gasteiger partial charge in [-0.25, -0.2) is 9.59 Å². The zero-order valence-corrected chi connectivity index (χ0v) is 9.71. The van der Waals surface area contributed by atoms with Crippen LogP contribution in [0.2, 0.25) is 0 Å². The van der Waals surface area contributed by atoms with Crippen molar-refractivity contribution in [1.82, 2.24) is 4.98 Å². The molecular weight excluding hydrogens is 242 g/mol. The minimum absolute atomic E-state index is 0.334. The van der Waals surface area contributed by atoms with Crippen LogP contribution in [-0.4, -0.2) is 16.9 Å². The van der Waals surface area contributed by atoms with E-state index in [1.807, 2.05) is 30.3 Å². The topological polar surface area (TPSA) is 56.3 Å². The maximum atomic E-state index is 11.8. The van der Waals surface area contributed by atoms with Crippen LogP contribution in [0, 0.1) is 0 Å². The van der Waals surface area contributed by atoms with Gasteiger partial charge in [0.2, 0.25) is 0 Å². The first-order valence-electron chi connectivity index (χ1n) is 5.83. The third kappa shape index (κ3) is 1.25. The van der Waals surface area contributed by atoms with Gasteiger partial charge in [0.1, 0.15) is 0 Å². The highest BCUT2D eigenvalue weighted by molar-refractivity contribution is 6.23. The molecule has 1 aliphatic heterocycles. The molecule has 1 aliphatic rings. The number of cyclic esters (lactones) is 2. The molecule has 2 heterocycles. The number of hydrogen-bond donors (Lipinski definition) is 0. The summed E-state index contributed by atoms with van der Waals surface area (Å²) >= 11 is 0. The minimum atomic E-state index is -0.576. The molecule has 4 nitrogen and oxygen atoms in total. The van der Waals surface area contributed by atoms with Crippen molar-refractivity contribution in [3.63, 3.8) is 0 Å². The van der Waals surface area contributed by atoms with Crippen LogP contribution in [0.25, 0.3) is 21.7 Å². The summed E-state index contributed by atoms with van der Waals surface area (Å²) in [7, 11) is 0. The standard InChI is InChI=1S/C15H7NO3/c17-14-11-4-3-8-9-2-1-7-16-12(9)6-5-10(8)13(11)15(18)19-14/h1-7H. The van der Waals surface area contributed by atoms with E-state index in [2.05, 4.69) is 9.72 Å². The number of esters is 2. The number of hydrogen-bond acceptors (Lipinski definition) is 4. The second-order valence-electron chi connectivity index (χ2n) is 4.40. The lowest BCUT2D eigenvalue weighted by Crippen LogP contribution is -1.97. The Kier molecular flexibility index (Phi) is 1.82. The van der Waals surface area contributed by atoms with Crippen LogP contribution in [0.1, 0.15) is 20.7 Å². The average Bonchev–Trinajstić information content (AvgIpc) is 2.74. The van der Waals surface area contributed by atoms with Crippen molar-refractivity contribution in [2.45, 2.75) is 0 Å². The van der Waals surface area contributed by atoms with Crippen molar-refractivity contribution in [1.29, 1.82) is 0 Å². The van der Waals surface area contributed by atoms with E-state index < -0.39 is 11.9 Å². The first-order chi connectivity index (χ1) is 9.25. The lowest BCUT2D eigenvalue weighted by molar-refractivity contribution is 0.0444. The van der Waals surface area contributed by atoms with Gasteiger partial charge in [0.15, 0.2) is 0 Å². The summed E-state index contributed by atoms with van der Waals surface area (Å²) in [6.45, 7) is 0. The van der Waals surface area contributed by atoms with Gasteiger partial charge in [-0.15, -0.1) is 0 Å². The molecule has 0 unspecified atom stereocenters. The molecule has 0 atom stereocenters. The molecule has 0 saturated heterocycles. The molecule has 19 heavy (non-hydrogen) atoms. The molecule has 1 aromatic heterocycles. The lowest BCUT2D eigenvalue weighted by atomic mass is 9.97. The van der Waals surface area contributed by atoms with Crippen molar-refractivity contribution in [2.75, 3.05) is 0 Å². The van der Waals surface area contributed by atoms with E-state index in [0.717, 1.165) is 21.7 Å². The molecule has 4 rings (SSSR count). The molecule has 0 saturated carbocycles. The number of rotatable bonds is 0. The number of pyridine rings is 1. The largest absolute Gasteiger partial charge is 0.386 e. The Hall–Kier alpha value is -2.75. The monoisotopic (exact) mass is 249 g/mol. The number of benzene rings is 2. The van der Waals surface area contributed by atoms with Crippen molar-refractivity contribution in [2.24, 2.45) is 0 Å². The van der Waals surface area contributed by atoms with E-state index in [-0.39, 0.29) is 0 Å². The van der Waals surface area contributed by atoms with Gasteiger partial charge in [-0.05, 0) is 29.0 Å². The third-order valence-electron chi connectivity index (χ3n) is 3.39. The molecule has 4 heteroatoms. The average molecular weight is 249 g/mol. The summed E-state index contributed by atoms with van der Waals surface area (Å²) in [5, 5.41) is 2.58. The molecular formula is C15H7NO3. The van der Waals surface area contributed by atoms with E-state index in [1.165, 1.54) is 0 Å². The summed E-state index contributed by atoms with van der Waals surface area (Å²) in [5.74, 6) is -1.15. The highest BCUT2D eigenvalue weighted by Gasteiger charge is 2.31. The molecule has 0 amide bonds. The number of ether oxygens (including phenoxy) is 1. The third-order valence-corrected chi connectivity index (χ3v) is 3.39. The van der Waals surface area contributed by atoms with Crippen molar-refractivity contribution in [3.8, 4) is 0 Å². The Morgan fingerprint density at radius 2 is 1.68 bits per heavy atom. The predicted molar refractivity (Wildman–Crippen MR) is 69.0 cm³/mol. The number of carbonyl (C=O) groups is 2. The van der Waals surface area contributed by atoms with Crippen LogP contribution in [-0.2, 0) is 4.74 Å². The number of carbonyl (C=O) groups excluding carboxylic acids is 2. The molecule has 2 aromatic carbocycles. The van der Waals surface area contributed by atoms with E-state index in [1.54, 1.807) is 12.3 Å². The van der Waals surface area contributed by atoms with E-state index in [0.29, 0.717) is 11.1 Å². The Morgan fingerprint density at radius 1 is 0.842 bits per heavy atom. The summed E-state index contributed by atoms with van der Waals surface area (Å²) < 4.78 is 4.66. The molecule has 3 aromatic rings. The maximum absolute atomic E-state index is 11.8. The van der Waals surface area contributed by atoms with Crippen molar-refractivity contribution < 1.29 is 14.3 Å². The minimum Gasteiger partial charge on any atom is -0.386 e. The fraction of sp³-hybridized carbons (Fsp3) is 0. The molecule has 0 bridgehead atoms. The van der Waals surface area contributed by atoms with E-state index in [4.69, 9.17) is 0 Å². The van der Waals surface area contributed by atoms with Crippen molar-refractivity contribution in [3.05, 3.63) is 53.7 Å². The van der Waals surface area contributed by atoms with Crippen LogP contribution in [0.15, 0.2) is 42.6 Å². The fourth-order valence-corrected chi connectivity index (χ4v) is 2.55. The quantitative estimate of drug-likeness (QED) is 0.349. The summed E-state index contributed by atoms with van der Waals surface area (Å²) in [6, 6.07) is 10.9. The fourth-order valence-electron chi connectivity index (χ4n) is 2.55. The van der Waals surface area contributed by atoms with E-state index in [9.17, 15) is 9.59 Å². The van der Waals surface area contributed by atoms with Crippen LogP contribution in [0.4, 0.5) is 0 Å². The normalized spacial score (nSPS) is 13.9. The lowest BCUT2D eigenvalue weighted by Gasteiger charge is -2.05. The predicted octanol–water partition coefficient (Wildman–Crippen LogP) is 2.70. The Bertz CT molecular complexity index is 883. The first kappa shape index (κ1) is 10.2. The van der Waals surface area contributed by atoms with Crippen LogP contribution in [0.3, 0.4) is 0 Å². The highest BCUT2D eigenvalue weighted by atomic mass is 16.6. The van der Waals surface area contributed by atoms with E-state index >= 15 is 0 Å². The number of fused-ring (bicyclic) bond motifs is 5. The van der Waals surface area contributed by atoms with Gasteiger partial charge in [-0.2, -0.15) is 0 Å². The maximum Gasteiger partial charge on any atom is 0.347 e. The second-order valence-corrected chi connectivity index (χ2v) is 4.40. The zero-order valence-electron chi connectivity index (χ0n) is 9.71. The second kappa shape index (κ2) is 3.38. The highest BCUT2D eigenvalue weighted by Crippen LogP contribution is 2.32. The van der Waals surface area contributed by atoms with Gasteiger partial charge in [0.25, 0.3) is 0 Å². The Balaban J connectivity index is 2.23. The van der Waals surface area contributed by atoms with Gasteiger partial charge < -0.3 is 4.74 Å². The summed E-state index contributed by atoms with van der Waals surface area (Å²) in [6.07, 6.45) is 1.72. The summed E-state index contributed by atoms with van der Waals surface area (Å²) in [4.78, 5) is 27.6. The number of aromatic nitrogens is 1. The molecule has 0 fully saturated rings. The van der Waals surface area contributed by atoms with Gasteiger partial charge in [0, 0.05) is 11.6 Å². The summed E-state index contributed by atoms with van der Waals surface area (Å²) in [5.41, 5.74) is 1.54. The van der Waals surface area contributed by atoms with Gasteiger partial charge in [-0.1, -0.05) is 18.2 Å². The smallest absolute Gasteiger partial charge is 0.347 e. The molecule has 0 aliphatic carbocycles. The molecule has 90 valence electrons. The van der Waals surface area contributed by atoms with Gasteiger partial charge >= 0.3 is 11.9 Å². The van der Waals surface area contributed by atoms with Crippen molar-refractivity contribution >= 4 is 33.6 Å². The zero-order chi connectivity index (χ0) is 13.0. The van der Waals surface area contributed by atoms with Gasteiger partial charge in [0.05, 0.1) is 16.6 Å². The molecule has 0 spiro atoms. The van der Waals surface area contributed by atoms with Gasteiger partial charge in [-0.3, -0.25) is 4.98 Å². The first-order valence-corrected chi connectivity index (χ1v) is 5.83. The SMILES string of the molecule is O=C1OC(=O)c2c1ccc1c2ccc2ncccc21. The Labute approximate surface area is 107 Å².